The maximum atomic E-state index is 5.42. The van der Waals surface area contributed by atoms with Gasteiger partial charge in [0.25, 0.3) is 0 Å². The van der Waals surface area contributed by atoms with Crippen LogP contribution in [-0.4, -0.2) is 58.1 Å². The average Bonchev–Trinajstić information content (AvgIpc) is 2.56. The van der Waals surface area contributed by atoms with E-state index in [-0.39, 0.29) is 24.0 Å². The van der Waals surface area contributed by atoms with Crippen LogP contribution in [0.2, 0.25) is 0 Å². The van der Waals surface area contributed by atoms with Crippen LogP contribution in [0.5, 0.6) is 5.88 Å². The Morgan fingerprint density at radius 3 is 2.65 bits per heavy atom. The van der Waals surface area contributed by atoms with E-state index in [2.05, 4.69) is 20.6 Å². The van der Waals surface area contributed by atoms with Gasteiger partial charge in [-0.05, 0) is 12.5 Å². The van der Waals surface area contributed by atoms with Gasteiger partial charge in [0.2, 0.25) is 5.88 Å². The minimum absolute atomic E-state index is 0. The first-order valence-corrected chi connectivity index (χ1v) is 7.39. The number of methoxy groups -OCH3 is 1. The Morgan fingerprint density at radius 1 is 1.22 bits per heavy atom. The summed E-state index contributed by atoms with van der Waals surface area (Å²) >= 11 is 0. The summed E-state index contributed by atoms with van der Waals surface area (Å²) < 4.78 is 15.6. The van der Waals surface area contributed by atoms with Crippen molar-refractivity contribution in [2.45, 2.75) is 13.5 Å². The summed E-state index contributed by atoms with van der Waals surface area (Å²) in [6, 6.07) is 3.81. The second kappa shape index (κ2) is 14.5. The minimum Gasteiger partial charge on any atom is -0.475 e. The summed E-state index contributed by atoms with van der Waals surface area (Å²) in [4.78, 5) is 8.39. The van der Waals surface area contributed by atoms with Crippen molar-refractivity contribution in [3.8, 4) is 5.88 Å². The number of nitrogens with zero attached hydrogens (tertiary/aromatic N) is 2. The van der Waals surface area contributed by atoms with Crippen molar-refractivity contribution in [3.63, 3.8) is 0 Å². The van der Waals surface area contributed by atoms with Crippen molar-refractivity contribution in [1.29, 1.82) is 0 Å². The van der Waals surface area contributed by atoms with Crippen LogP contribution in [-0.2, 0) is 16.0 Å². The molecule has 0 saturated carbocycles. The molecule has 0 spiro atoms. The van der Waals surface area contributed by atoms with E-state index in [0.717, 1.165) is 24.7 Å². The lowest BCUT2D eigenvalue weighted by molar-refractivity contribution is 0.143. The second-order valence-corrected chi connectivity index (χ2v) is 4.40. The van der Waals surface area contributed by atoms with Gasteiger partial charge in [0.1, 0.15) is 6.61 Å². The van der Waals surface area contributed by atoms with Gasteiger partial charge in [-0.2, -0.15) is 0 Å². The van der Waals surface area contributed by atoms with E-state index in [1.807, 2.05) is 19.1 Å². The van der Waals surface area contributed by atoms with Gasteiger partial charge in [-0.3, -0.25) is 4.99 Å². The summed E-state index contributed by atoms with van der Waals surface area (Å²) in [6.07, 6.45) is 1.78. The molecule has 2 N–H and O–H groups in total. The number of nitrogens with one attached hydrogen (secondary N) is 2. The maximum absolute atomic E-state index is 5.42. The number of hydrogen-bond acceptors (Lipinski definition) is 5. The third kappa shape index (κ3) is 10.3. The third-order valence-electron chi connectivity index (χ3n) is 2.76. The quantitative estimate of drug-likeness (QED) is 0.249. The van der Waals surface area contributed by atoms with Gasteiger partial charge >= 0.3 is 0 Å². The number of hydrogen-bond donors (Lipinski definition) is 2. The Kier molecular flexibility index (Phi) is 13.8. The average molecular weight is 438 g/mol. The number of pyridine rings is 1. The molecule has 23 heavy (non-hydrogen) atoms. The lowest BCUT2D eigenvalue weighted by atomic mass is 10.3. The molecule has 132 valence electrons. The zero-order chi connectivity index (χ0) is 16.0. The molecule has 1 rings (SSSR count). The van der Waals surface area contributed by atoms with Gasteiger partial charge in [-0.1, -0.05) is 6.07 Å². The monoisotopic (exact) mass is 438 g/mol. The molecule has 0 amide bonds. The molecular formula is C15H27IN4O3. The summed E-state index contributed by atoms with van der Waals surface area (Å²) in [5.74, 6) is 1.33. The molecule has 0 atom stereocenters. The predicted octanol–water partition coefficient (Wildman–Crippen LogP) is 1.43. The van der Waals surface area contributed by atoms with E-state index in [9.17, 15) is 0 Å². The molecule has 0 aliphatic heterocycles. The zero-order valence-electron chi connectivity index (χ0n) is 14.0. The Morgan fingerprint density at radius 2 is 2.04 bits per heavy atom. The number of rotatable bonds is 10. The van der Waals surface area contributed by atoms with Crippen molar-refractivity contribution < 1.29 is 14.2 Å². The maximum Gasteiger partial charge on any atom is 0.213 e. The number of guanidine groups is 1. The zero-order valence-corrected chi connectivity index (χ0v) is 16.3. The van der Waals surface area contributed by atoms with Gasteiger partial charge in [0.15, 0.2) is 5.96 Å². The van der Waals surface area contributed by atoms with E-state index in [0.29, 0.717) is 32.2 Å². The van der Waals surface area contributed by atoms with E-state index < -0.39 is 0 Å². The highest BCUT2D eigenvalue weighted by Gasteiger charge is 2.00. The summed E-state index contributed by atoms with van der Waals surface area (Å²) in [5.41, 5.74) is 1.05. The fraction of sp³-hybridized carbons (Fsp3) is 0.600. The van der Waals surface area contributed by atoms with Crippen LogP contribution in [0.4, 0.5) is 0 Å². The lowest BCUT2D eigenvalue weighted by Crippen LogP contribution is -2.38. The van der Waals surface area contributed by atoms with E-state index >= 15 is 0 Å². The Hall–Kier alpha value is -1.13. The molecule has 0 aromatic carbocycles. The van der Waals surface area contributed by atoms with E-state index in [1.165, 1.54) is 0 Å². The molecule has 0 fully saturated rings. The minimum atomic E-state index is 0. The second-order valence-electron chi connectivity index (χ2n) is 4.40. The number of halogens is 1. The molecule has 8 heteroatoms. The van der Waals surface area contributed by atoms with Crippen LogP contribution in [0.15, 0.2) is 23.3 Å². The first-order chi connectivity index (χ1) is 10.8. The van der Waals surface area contributed by atoms with Crippen molar-refractivity contribution in [3.05, 3.63) is 23.9 Å². The molecule has 0 aliphatic rings. The number of ether oxygens (including phenoxy) is 3. The summed E-state index contributed by atoms with van der Waals surface area (Å²) in [7, 11) is 3.38. The molecule has 1 heterocycles. The van der Waals surface area contributed by atoms with Crippen molar-refractivity contribution in [2.24, 2.45) is 4.99 Å². The highest BCUT2D eigenvalue weighted by atomic mass is 127. The van der Waals surface area contributed by atoms with Gasteiger partial charge in [-0.25, -0.2) is 4.98 Å². The molecule has 1 aromatic heterocycles. The van der Waals surface area contributed by atoms with Crippen LogP contribution >= 0.6 is 24.0 Å². The molecular weight excluding hydrogens is 411 g/mol. The topological polar surface area (TPSA) is 77.0 Å². The number of aliphatic imine (C=N–C) groups is 1. The molecule has 0 unspecified atom stereocenters. The molecule has 7 nitrogen and oxygen atoms in total. The number of aromatic nitrogens is 1. The third-order valence-corrected chi connectivity index (χ3v) is 2.76. The van der Waals surface area contributed by atoms with Crippen molar-refractivity contribution >= 4 is 29.9 Å². The molecule has 0 aliphatic carbocycles. The van der Waals surface area contributed by atoms with Crippen LogP contribution in [0.1, 0.15) is 12.5 Å². The highest BCUT2D eigenvalue weighted by molar-refractivity contribution is 14.0. The van der Waals surface area contributed by atoms with E-state index in [1.54, 1.807) is 20.4 Å². The fourth-order valence-electron chi connectivity index (χ4n) is 1.62. The lowest BCUT2D eigenvalue weighted by Gasteiger charge is -2.12. The van der Waals surface area contributed by atoms with Crippen LogP contribution in [0.25, 0.3) is 0 Å². The Bertz CT molecular complexity index is 429. The SMILES string of the molecule is CCOCCNC(=NC)NCc1ccc(OCCOC)nc1.I. The van der Waals surface area contributed by atoms with Gasteiger partial charge in [0, 0.05) is 46.1 Å². The molecule has 0 bridgehead atoms. The van der Waals surface area contributed by atoms with Gasteiger partial charge in [0.05, 0.1) is 13.2 Å². The standard InChI is InChI=1S/C15H26N4O3.HI/c1-4-21-8-7-17-15(16-2)19-12-13-5-6-14(18-11-13)22-10-9-20-3;/h5-6,11H,4,7-10,12H2,1-3H3,(H2,16,17,19);1H. The van der Waals surface area contributed by atoms with Crippen molar-refractivity contribution in [1.82, 2.24) is 15.6 Å². The smallest absolute Gasteiger partial charge is 0.213 e. The Labute approximate surface area is 155 Å². The molecule has 1 aromatic rings. The largest absolute Gasteiger partial charge is 0.475 e. The van der Waals surface area contributed by atoms with Crippen molar-refractivity contribution in [2.75, 3.05) is 47.1 Å². The first-order valence-electron chi connectivity index (χ1n) is 7.39. The predicted molar refractivity (Wildman–Crippen MR) is 102 cm³/mol. The van der Waals surface area contributed by atoms with Gasteiger partial charge in [-0.15, -0.1) is 24.0 Å². The fourth-order valence-corrected chi connectivity index (χ4v) is 1.62. The molecule has 0 saturated heterocycles. The normalized spacial score (nSPS) is 10.8. The Balaban J connectivity index is 0.00000484. The van der Waals surface area contributed by atoms with Gasteiger partial charge < -0.3 is 24.8 Å². The summed E-state index contributed by atoms with van der Waals surface area (Å²) in [5, 5.41) is 6.39. The van der Waals surface area contributed by atoms with Crippen LogP contribution < -0.4 is 15.4 Å². The van der Waals surface area contributed by atoms with Crippen LogP contribution in [0.3, 0.4) is 0 Å². The van der Waals surface area contributed by atoms with Crippen LogP contribution in [0, 0.1) is 0 Å². The first kappa shape index (κ1) is 21.9. The van der Waals surface area contributed by atoms with E-state index in [4.69, 9.17) is 14.2 Å². The molecule has 0 radical (unpaired) electrons. The highest BCUT2D eigenvalue weighted by Crippen LogP contribution is 2.07. The summed E-state index contributed by atoms with van der Waals surface area (Å²) in [6.45, 7) is 5.76.